The third-order valence-corrected chi connectivity index (χ3v) is 0. The fraction of sp³-hybridized carbons (Fsp3) is 0. The molecule has 0 aliphatic rings. The van der Waals surface area contributed by atoms with E-state index in [1.807, 2.05) is 0 Å². The van der Waals surface area contributed by atoms with Crippen LogP contribution in [-0.4, -0.2) is 0 Å². The van der Waals surface area contributed by atoms with Crippen LogP contribution >= 0.6 is 0 Å². The monoisotopic (exact) mass is 10500 g/mol. The second kappa shape index (κ2) is 461. The van der Waals surface area contributed by atoms with Gasteiger partial charge in [-0.15, -0.1) is 0 Å². The molecular weight excluding hydrogens is 10500 g/mol. The van der Waals surface area contributed by atoms with Gasteiger partial charge in [0.05, 0.1) is 0 Å². The Bertz CT molecular complexity index is 0. The quantitative estimate of drug-likeness (QED) is 0.321. The molecule has 0 saturated carbocycles. The van der Waals surface area contributed by atoms with Crippen molar-refractivity contribution in [2.24, 2.45) is 0 Å². The van der Waals surface area contributed by atoms with Gasteiger partial charge in [0.2, 0.25) is 0 Å². The number of rotatable bonds is 0. The molecule has 0 spiro atoms. The van der Waals surface area contributed by atoms with Crippen LogP contribution in [0.5, 0.6) is 0 Å². The van der Waals surface area contributed by atoms with Gasteiger partial charge >= 0.3 is 0 Å². The fourth-order valence-corrected chi connectivity index (χ4v) is 0. The van der Waals surface area contributed by atoms with E-state index in [0.717, 1.165) is 0 Å². The van der Waals surface area contributed by atoms with Gasteiger partial charge in [0.15, 0.2) is 0 Å². The summed E-state index contributed by atoms with van der Waals surface area (Å²) < 4.78 is 0. The van der Waals surface area contributed by atoms with Crippen LogP contribution in [0, 0.1) is 2550 Å². The van der Waals surface area contributed by atoms with E-state index in [-0.39, 0.29) is 2550 Å². The van der Waals surface area contributed by atoms with Crippen LogP contribution in [0.15, 0.2) is 0 Å². The van der Waals surface area contributed by atoms with Gasteiger partial charge in [0.1, 0.15) is 0 Å². The van der Waals surface area contributed by atoms with Crippen LogP contribution in [0.2, 0.25) is 0 Å². The molecule has 0 fully saturated rings. The Labute approximate surface area is 2440 Å². The van der Waals surface area contributed by atoms with E-state index in [2.05, 4.69) is 0 Å². The maximum absolute atomic E-state index is 0. The third kappa shape index (κ3) is 452. The zero-order valence-corrected chi connectivity index (χ0v) is 163. The second-order valence-corrected chi connectivity index (χ2v) is 0. The first-order valence-corrected chi connectivity index (χ1v) is 0. The van der Waals surface area contributed by atoms with Gasteiger partial charge in [-0.3, -0.25) is 0 Å². The van der Waals surface area contributed by atoms with E-state index in [4.69, 9.17) is 0 Å². The Morgan fingerprint density at radius 3 is 0.0152 bits per heavy atom. The average molecular weight is 10500 g/mol. The molecule has 66 heavy (non-hydrogen) atoms. The molecule has 0 aromatic carbocycles. The summed E-state index contributed by atoms with van der Waals surface area (Å²) in [6, 6.07) is 0. The zero-order chi connectivity index (χ0) is 0. The van der Waals surface area contributed by atoms with E-state index in [1.165, 1.54) is 0 Å². The first kappa shape index (κ1) is 470. The molecule has 0 aromatic heterocycles. The van der Waals surface area contributed by atoms with Crippen molar-refractivity contribution in [1.82, 2.24) is 0 Å². The minimum Gasteiger partial charge on any atom is 0 e. The van der Waals surface area contributed by atoms with Crippen LogP contribution in [0.1, 0.15) is 0 Å². The predicted molar refractivity (Wildman–Crippen MR) is 0 cm³/mol. The molecule has 0 saturated heterocycles. The Kier molecular flexibility index (Phi) is 3290. The van der Waals surface area contributed by atoms with Gasteiger partial charge in [-0.05, 0) is 0 Å². The minimum absolute atomic E-state index is 0. The maximum atomic E-state index is 0. The van der Waals surface area contributed by atoms with Gasteiger partial charge in [-0.1, -0.05) is 0 Å². The molecule has 66 radical (unpaired) electrons. The largest absolute Gasteiger partial charge is 0 e. The Balaban J connectivity index is 0. The standard InChI is InChI=1S/66Tb. The second-order valence-electron chi connectivity index (χ2n) is 0. The van der Waals surface area contributed by atoms with Crippen LogP contribution in [0.3, 0.4) is 0 Å². The molecule has 0 aliphatic heterocycles. The normalized spacial score (nSPS) is 0. The molecule has 0 aliphatic carbocycles. The van der Waals surface area contributed by atoms with Crippen molar-refractivity contribution >= 4 is 0 Å². The summed E-state index contributed by atoms with van der Waals surface area (Å²) in [5.41, 5.74) is 0. The van der Waals surface area contributed by atoms with Crippen molar-refractivity contribution in [1.29, 1.82) is 0 Å². The molecule has 0 unspecified atom stereocenters. The molecule has 0 bridgehead atoms. The Morgan fingerprint density at radius 2 is 0.0152 bits per heavy atom. The SMILES string of the molecule is [Tb].[Tb].[Tb].[Tb].[Tb].[Tb].[Tb].[Tb].[Tb].[Tb].[Tb].[Tb].[Tb].[Tb].[Tb].[Tb].[Tb].[Tb].[Tb].[Tb].[Tb].[Tb].[Tb].[Tb].[Tb].[Tb].[Tb].[Tb].[Tb].[Tb].[Tb].[Tb].[Tb].[Tb].[Tb].[Tb].[Tb].[Tb].[Tb].[Tb].[Tb].[Tb].[Tb].[Tb].[Tb].[Tb].[Tb].[Tb].[Tb].[Tb].[Tb].[Tb].[Tb].[Tb].[Tb].[Tb].[Tb].[Tb].[Tb].[Tb].[Tb].[Tb].[Tb].[Tb].[Tb].[Tb]. The predicted octanol–water partition coefficient (Wildman–Crippen LogP) is 0. The van der Waals surface area contributed by atoms with Crippen LogP contribution in [0.4, 0.5) is 0 Å². The summed E-state index contributed by atoms with van der Waals surface area (Å²) in [5.74, 6) is 0. The summed E-state index contributed by atoms with van der Waals surface area (Å²) in [4.78, 5) is 0. The summed E-state index contributed by atoms with van der Waals surface area (Å²) in [6.45, 7) is 0. The molecule has 0 amide bonds. The summed E-state index contributed by atoms with van der Waals surface area (Å²) >= 11 is 0. The molecule has 0 heterocycles. The van der Waals surface area contributed by atoms with Crippen LogP contribution in [0.25, 0.3) is 0 Å². The summed E-state index contributed by atoms with van der Waals surface area (Å²) in [6.07, 6.45) is 0. The summed E-state index contributed by atoms with van der Waals surface area (Å²) in [7, 11) is 0. The van der Waals surface area contributed by atoms with Gasteiger partial charge in [0, 0.05) is 2550 Å². The third-order valence-electron chi connectivity index (χ3n) is 0. The molecular formula is Tb66. The molecule has 0 atom stereocenters. The van der Waals surface area contributed by atoms with E-state index >= 15 is 0 Å². The van der Waals surface area contributed by atoms with Crippen molar-refractivity contribution < 1.29 is 2550 Å². The van der Waals surface area contributed by atoms with Gasteiger partial charge in [-0.25, -0.2) is 0 Å². The molecule has 0 rings (SSSR count). The first-order chi connectivity index (χ1) is 0. The van der Waals surface area contributed by atoms with E-state index < -0.39 is 0 Å². The van der Waals surface area contributed by atoms with E-state index in [0.29, 0.717) is 0 Å². The minimum atomic E-state index is 0. The Hall–Kier alpha value is 84.9. The van der Waals surface area contributed by atoms with Crippen molar-refractivity contribution in [3.8, 4) is 0 Å². The van der Waals surface area contributed by atoms with Gasteiger partial charge in [-0.2, -0.15) is 0 Å². The molecule has 0 aromatic rings. The van der Waals surface area contributed by atoms with Gasteiger partial charge in [0.25, 0.3) is 0 Å². The smallest absolute Gasteiger partial charge is 0 e. The summed E-state index contributed by atoms with van der Waals surface area (Å²) in [5, 5.41) is 0. The molecule has 0 nitrogen and oxygen atoms in total. The fourth-order valence-electron chi connectivity index (χ4n) is 0. The molecule has 594 valence electrons. The van der Waals surface area contributed by atoms with Crippen molar-refractivity contribution in [2.45, 2.75) is 0 Å². The van der Waals surface area contributed by atoms with Crippen LogP contribution in [-0.2, 0) is 0 Å². The van der Waals surface area contributed by atoms with E-state index in [9.17, 15) is 0 Å². The maximum Gasteiger partial charge on any atom is 0 e. The van der Waals surface area contributed by atoms with Gasteiger partial charge < -0.3 is 0 Å². The number of hydrogen-bond acceptors (Lipinski definition) is 0. The van der Waals surface area contributed by atoms with Crippen molar-refractivity contribution in [3.63, 3.8) is 0 Å². The zero-order valence-electron chi connectivity index (χ0n) is 22.0. The Morgan fingerprint density at radius 1 is 0.0152 bits per heavy atom. The first-order valence-electron chi connectivity index (χ1n) is 0. The van der Waals surface area contributed by atoms with Crippen LogP contribution < -0.4 is 0 Å². The number of hydrogen-bond donors (Lipinski definition) is 0. The average Bonchev–Trinajstić information content (AvgIpc) is 0. The topological polar surface area (TPSA) is 0 Å². The van der Waals surface area contributed by atoms with Crippen molar-refractivity contribution in [3.05, 3.63) is 0 Å². The van der Waals surface area contributed by atoms with E-state index in [1.54, 1.807) is 0 Å². The molecule has 66 heteroatoms. The van der Waals surface area contributed by atoms with Crippen molar-refractivity contribution in [2.75, 3.05) is 0 Å². The molecule has 0 N–H and O–H groups in total.